The third-order valence-corrected chi connectivity index (χ3v) is 0. The van der Waals surface area contributed by atoms with E-state index < -0.39 is 0 Å². The van der Waals surface area contributed by atoms with E-state index in [0.717, 1.165) is 0 Å². The van der Waals surface area contributed by atoms with Crippen LogP contribution < -0.4 is 12.4 Å². The molecule has 32 valence electrons. The summed E-state index contributed by atoms with van der Waals surface area (Å²) in [7, 11) is 0. The van der Waals surface area contributed by atoms with Crippen LogP contribution >= 0.6 is 0 Å². The molecular weight excluding hydrogens is 83.5 g/mol. The van der Waals surface area contributed by atoms with Gasteiger partial charge in [0.25, 0.3) is 0 Å². The second-order valence-corrected chi connectivity index (χ2v) is 0. The molecule has 0 rings (SSSR count). The Morgan fingerprint density at radius 3 is 0.500 bits per heavy atom. The predicted octanol–water partition coefficient (Wildman–Crippen LogP) is -5.47. The summed E-state index contributed by atoms with van der Waals surface area (Å²) in [4.78, 5) is 0. The standard InChI is InChI=1S/ClH.3H2O/h1H;3*1H2/p-1. The van der Waals surface area contributed by atoms with Crippen molar-refractivity contribution in [1.82, 2.24) is 0 Å². The minimum absolute atomic E-state index is 0. The van der Waals surface area contributed by atoms with Crippen LogP contribution in [-0.4, -0.2) is 16.4 Å². The third-order valence-electron chi connectivity index (χ3n) is 0. The van der Waals surface area contributed by atoms with E-state index in [1.165, 1.54) is 0 Å². The minimum atomic E-state index is 0. The van der Waals surface area contributed by atoms with Crippen LogP contribution in [0.1, 0.15) is 0 Å². The normalized spacial score (nSPS) is 0. The first-order valence-corrected chi connectivity index (χ1v) is 0. The molecule has 0 fully saturated rings. The molecule has 0 amide bonds. The van der Waals surface area contributed by atoms with Crippen LogP contribution in [0.5, 0.6) is 0 Å². The Morgan fingerprint density at radius 2 is 0.500 bits per heavy atom. The van der Waals surface area contributed by atoms with Gasteiger partial charge in [-0.3, -0.25) is 0 Å². The molecule has 0 bridgehead atoms. The predicted molar refractivity (Wildman–Crippen MR) is 10.8 cm³/mol. The molecule has 6 N–H and O–H groups in total. The number of hydrogen-bond acceptors (Lipinski definition) is 0. The fourth-order valence-electron chi connectivity index (χ4n) is 0. The molecule has 0 spiro atoms. The molecule has 0 aromatic heterocycles. The zero-order valence-corrected chi connectivity index (χ0v) is 2.63. The van der Waals surface area contributed by atoms with Crippen molar-refractivity contribution in [1.29, 1.82) is 0 Å². The molecule has 0 heterocycles. The smallest absolute Gasteiger partial charge is 0.412 e. The lowest BCUT2D eigenvalue weighted by molar-refractivity contribution is -0.00000363. The van der Waals surface area contributed by atoms with Crippen LogP contribution in [0.25, 0.3) is 0 Å². The molecule has 4 heavy (non-hydrogen) atoms. The summed E-state index contributed by atoms with van der Waals surface area (Å²) in [6, 6.07) is 0. The Labute approximate surface area is 30.0 Å². The highest BCUT2D eigenvalue weighted by atomic mass is 35.5. The largest absolute Gasteiger partial charge is 1.00 e. The molecule has 0 unspecified atom stereocenters. The Balaban J connectivity index is 0. The average molecular weight is 89.5 g/mol. The Kier molecular flexibility index (Phi) is 187000. The Bertz CT molecular complexity index is 3.25. The summed E-state index contributed by atoms with van der Waals surface area (Å²) >= 11 is 0. The van der Waals surface area contributed by atoms with Crippen molar-refractivity contribution in [3.63, 3.8) is 0 Å². The molecule has 0 aliphatic carbocycles. The van der Waals surface area contributed by atoms with Crippen molar-refractivity contribution in [2.24, 2.45) is 0 Å². The highest BCUT2D eigenvalue weighted by molar-refractivity contribution is 0.826. The van der Waals surface area contributed by atoms with Gasteiger partial charge >= 0.3 is 0 Å². The van der Waals surface area contributed by atoms with E-state index in [1.807, 2.05) is 0 Å². The molecule has 0 aromatic rings. The van der Waals surface area contributed by atoms with E-state index in [-0.39, 0.29) is 28.8 Å². The molecule has 0 aromatic carbocycles. The fourth-order valence-corrected chi connectivity index (χ4v) is 0. The van der Waals surface area contributed by atoms with E-state index in [0.29, 0.717) is 0 Å². The zero-order valence-electron chi connectivity index (χ0n) is 1.88. The van der Waals surface area contributed by atoms with Gasteiger partial charge in [0.05, 0.1) is 0 Å². The van der Waals surface area contributed by atoms with E-state index in [1.54, 1.807) is 0 Å². The lowest BCUT2D eigenvalue weighted by Gasteiger charge is -1.00. The van der Waals surface area contributed by atoms with Gasteiger partial charge < -0.3 is 28.8 Å². The van der Waals surface area contributed by atoms with Crippen LogP contribution in [0.3, 0.4) is 0 Å². The maximum absolute atomic E-state index is 0. The van der Waals surface area contributed by atoms with Crippen LogP contribution in [0.15, 0.2) is 0 Å². The van der Waals surface area contributed by atoms with Gasteiger partial charge in [0.1, 0.15) is 0 Å². The highest BCUT2D eigenvalue weighted by Gasteiger charge is -0.410. The first kappa shape index (κ1) is 1450. The quantitative estimate of drug-likeness (QED) is 0.283. The molecule has 0 atom stereocenters. The number of rotatable bonds is 0. The van der Waals surface area contributed by atoms with Crippen molar-refractivity contribution in [3.05, 3.63) is 0 Å². The molecule has 3 nitrogen and oxygen atoms in total. The lowest BCUT2D eigenvalue weighted by Crippen LogP contribution is -3.00. The van der Waals surface area contributed by atoms with Crippen LogP contribution in [0.2, 0.25) is 0 Å². The first-order valence-electron chi connectivity index (χ1n) is 0. The Morgan fingerprint density at radius 1 is 0.500 bits per heavy atom. The minimum Gasteiger partial charge on any atom is -1.00 e. The SMILES string of the molecule is O.O.O.[Cl-]. The zero-order chi connectivity index (χ0) is 0. The van der Waals surface area contributed by atoms with Crippen LogP contribution in [-0.2, 0) is 0 Å². The molecule has 0 aliphatic heterocycles. The molecular formula is H6ClO3-. The summed E-state index contributed by atoms with van der Waals surface area (Å²) in [6.45, 7) is 0. The summed E-state index contributed by atoms with van der Waals surface area (Å²) in [5, 5.41) is 0. The average Bonchev–Trinajstić information content (AvgIpc) is 0. The van der Waals surface area contributed by atoms with Crippen molar-refractivity contribution >= 4 is 0 Å². The first-order chi connectivity index (χ1) is 0. The van der Waals surface area contributed by atoms with E-state index in [4.69, 9.17) is 0 Å². The summed E-state index contributed by atoms with van der Waals surface area (Å²) in [5.41, 5.74) is 0. The lowest BCUT2D eigenvalue weighted by atomic mass is 16.0. The monoisotopic (exact) mass is 89.0 g/mol. The van der Waals surface area contributed by atoms with E-state index >= 15 is 0 Å². The van der Waals surface area contributed by atoms with Gasteiger partial charge in [0.15, 0.2) is 0 Å². The van der Waals surface area contributed by atoms with Crippen molar-refractivity contribution in [2.45, 2.75) is 0 Å². The van der Waals surface area contributed by atoms with Crippen molar-refractivity contribution in [2.75, 3.05) is 0 Å². The van der Waals surface area contributed by atoms with Gasteiger partial charge in [-0.05, 0) is 0 Å². The maximum atomic E-state index is 0. The van der Waals surface area contributed by atoms with Crippen molar-refractivity contribution in [3.8, 4) is 0 Å². The third kappa shape index (κ3) is 103. The van der Waals surface area contributed by atoms with Crippen LogP contribution in [0.4, 0.5) is 0 Å². The number of hydrogen-bond donors (Lipinski definition) is 0. The topological polar surface area (TPSA) is 94.5 Å². The summed E-state index contributed by atoms with van der Waals surface area (Å²) in [5.74, 6) is 0. The van der Waals surface area contributed by atoms with Gasteiger partial charge in [-0.25, -0.2) is 0 Å². The second kappa shape index (κ2) is 517. The Hall–Kier alpha value is 0.170. The van der Waals surface area contributed by atoms with Crippen LogP contribution in [0, 0.1) is 0 Å². The summed E-state index contributed by atoms with van der Waals surface area (Å²) in [6.07, 6.45) is 0. The fraction of sp³-hybridized carbons (Fsp3) is 0. The van der Waals surface area contributed by atoms with Gasteiger partial charge in [-0.2, -0.15) is 0 Å². The molecule has 0 saturated carbocycles. The second-order valence-electron chi connectivity index (χ2n) is 0. The molecule has 0 radical (unpaired) electrons. The highest BCUT2D eigenvalue weighted by Crippen LogP contribution is -0.287. The van der Waals surface area contributed by atoms with E-state index in [9.17, 15) is 0 Å². The molecule has 0 aliphatic rings. The maximum Gasteiger partial charge on any atom is -0.412 e. The van der Waals surface area contributed by atoms with Gasteiger partial charge in [0.2, 0.25) is 0 Å². The van der Waals surface area contributed by atoms with Gasteiger partial charge in [-0.1, -0.05) is 0 Å². The molecule has 4 heteroatoms. The van der Waals surface area contributed by atoms with Gasteiger partial charge in [0, 0.05) is 0 Å². The molecule has 0 saturated heterocycles. The van der Waals surface area contributed by atoms with Crippen molar-refractivity contribution < 1.29 is 28.8 Å². The van der Waals surface area contributed by atoms with E-state index in [2.05, 4.69) is 0 Å². The van der Waals surface area contributed by atoms with Gasteiger partial charge in [-0.15, -0.1) is 0 Å². The number of halogens is 1. The summed E-state index contributed by atoms with van der Waals surface area (Å²) < 4.78 is 0.